The molecule has 1 aromatic rings. The molecule has 6 nitrogen and oxygen atoms in total. The standard InChI is InChI=1S/C11H15NO5/c1-11(5-2-6-11)7-16-10(15)17-12-8(13)3-4-9(12)14/h3-4,13-14H,2,5-7H2,1H3. The number of carbonyl (C=O) groups excluding carboxylic acids is 1. The quantitative estimate of drug-likeness (QED) is 0.786. The third kappa shape index (κ3) is 2.46. The first-order valence-electron chi connectivity index (χ1n) is 5.45. The van der Waals surface area contributed by atoms with Crippen LogP contribution in [0.25, 0.3) is 0 Å². The van der Waals surface area contributed by atoms with E-state index in [1.165, 1.54) is 12.1 Å². The minimum Gasteiger partial charge on any atom is -0.492 e. The summed E-state index contributed by atoms with van der Waals surface area (Å²) in [6.07, 6.45) is 2.26. The fraction of sp³-hybridized carbons (Fsp3) is 0.545. The second-order valence-corrected chi connectivity index (χ2v) is 4.64. The van der Waals surface area contributed by atoms with Crippen molar-refractivity contribution in [3.8, 4) is 11.8 Å². The molecule has 1 saturated carbocycles. The largest absolute Gasteiger partial charge is 0.533 e. The van der Waals surface area contributed by atoms with Crippen molar-refractivity contribution in [3.63, 3.8) is 0 Å². The number of aromatic hydroxyl groups is 2. The average Bonchev–Trinajstić information content (AvgIpc) is 2.55. The number of hydrogen-bond acceptors (Lipinski definition) is 5. The smallest absolute Gasteiger partial charge is 0.492 e. The fourth-order valence-electron chi connectivity index (χ4n) is 1.75. The van der Waals surface area contributed by atoms with Crippen LogP contribution in [0.15, 0.2) is 12.1 Å². The molecule has 0 spiro atoms. The predicted molar refractivity (Wildman–Crippen MR) is 57.6 cm³/mol. The van der Waals surface area contributed by atoms with Crippen LogP contribution in [-0.2, 0) is 4.74 Å². The Bertz CT molecular complexity index is 402. The molecule has 1 fully saturated rings. The van der Waals surface area contributed by atoms with Crippen LogP contribution < -0.4 is 4.84 Å². The molecule has 1 aliphatic rings. The van der Waals surface area contributed by atoms with Gasteiger partial charge in [0.05, 0.1) is 0 Å². The highest BCUT2D eigenvalue weighted by atomic mass is 16.8. The van der Waals surface area contributed by atoms with Crippen molar-refractivity contribution in [2.75, 3.05) is 6.61 Å². The summed E-state index contributed by atoms with van der Waals surface area (Å²) in [5.41, 5.74) is 0.0415. The molecule has 0 unspecified atom stereocenters. The van der Waals surface area contributed by atoms with E-state index in [1.807, 2.05) is 6.92 Å². The number of aromatic nitrogens is 1. The number of rotatable bonds is 3. The zero-order valence-corrected chi connectivity index (χ0v) is 9.55. The molecule has 0 amide bonds. The molecular formula is C11H15NO5. The molecule has 0 aliphatic heterocycles. The highest BCUT2D eigenvalue weighted by molar-refractivity contribution is 5.60. The van der Waals surface area contributed by atoms with E-state index in [-0.39, 0.29) is 23.8 Å². The summed E-state index contributed by atoms with van der Waals surface area (Å²) in [7, 11) is 0. The SMILES string of the molecule is CC1(COC(=O)On2c(O)ccc2O)CCC1. The number of ether oxygens (including phenoxy) is 1. The molecule has 0 saturated heterocycles. The summed E-state index contributed by atoms with van der Waals surface area (Å²) in [6.45, 7) is 2.32. The second kappa shape index (κ2) is 4.20. The van der Waals surface area contributed by atoms with Gasteiger partial charge >= 0.3 is 6.16 Å². The maximum absolute atomic E-state index is 11.3. The van der Waals surface area contributed by atoms with Crippen LogP contribution in [0.5, 0.6) is 11.8 Å². The molecule has 0 atom stereocenters. The van der Waals surface area contributed by atoms with E-state index in [9.17, 15) is 15.0 Å². The van der Waals surface area contributed by atoms with Crippen LogP contribution in [0, 0.1) is 5.41 Å². The van der Waals surface area contributed by atoms with Gasteiger partial charge in [-0.15, -0.1) is 4.73 Å². The maximum atomic E-state index is 11.3. The van der Waals surface area contributed by atoms with Gasteiger partial charge in [0.2, 0.25) is 11.8 Å². The molecule has 1 aliphatic carbocycles. The van der Waals surface area contributed by atoms with Crippen LogP contribution in [0.4, 0.5) is 4.79 Å². The van der Waals surface area contributed by atoms with E-state index in [2.05, 4.69) is 4.84 Å². The van der Waals surface area contributed by atoms with E-state index >= 15 is 0 Å². The lowest BCUT2D eigenvalue weighted by atomic mass is 9.71. The molecule has 1 aromatic heterocycles. The Labute approximate surface area is 98.3 Å². The van der Waals surface area contributed by atoms with Gasteiger partial charge in [-0.1, -0.05) is 13.3 Å². The van der Waals surface area contributed by atoms with E-state index < -0.39 is 6.16 Å². The van der Waals surface area contributed by atoms with Crippen molar-refractivity contribution in [1.82, 2.24) is 4.73 Å². The minimum absolute atomic E-state index is 0.0415. The Kier molecular flexibility index (Phi) is 2.87. The molecule has 2 rings (SSSR count). The van der Waals surface area contributed by atoms with Crippen molar-refractivity contribution in [1.29, 1.82) is 0 Å². The first kappa shape index (κ1) is 11.6. The zero-order valence-electron chi connectivity index (χ0n) is 9.55. The van der Waals surface area contributed by atoms with Crippen molar-refractivity contribution >= 4 is 6.16 Å². The van der Waals surface area contributed by atoms with Crippen LogP contribution >= 0.6 is 0 Å². The molecule has 1 heterocycles. The Balaban J connectivity index is 1.85. The van der Waals surface area contributed by atoms with Gasteiger partial charge in [0, 0.05) is 17.5 Å². The monoisotopic (exact) mass is 241 g/mol. The van der Waals surface area contributed by atoms with Crippen LogP contribution in [-0.4, -0.2) is 27.7 Å². The van der Waals surface area contributed by atoms with Gasteiger partial charge in [0.25, 0.3) is 0 Å². The molecule has 6 heteroatoms. The third-order valence-corrected chi connectivity index (χ3v) is 3.06. The summed E-state index contributed by atoms with van der Waals surface area (Å²) in [5, 5.41) is 18.5. The van der Waals surface area contributed by atoms with Crippen molar-refractivity contribution in [2.24, 2.45) is 5.41 Å². The highest BCUT2D eigenvalue weighted by Crippen LogP contribution is 2.40. The van der Waals surface area contributed by atoms with Gasteiger partial charge in [-0.25, -0.2) is 4.79 Å². The molecule has 17 heavy (non-hydrogen) atoms. The summed E-state index contributed by atoms with van der Waals surface area (Å²) in [5.74, 6) is -0.733. The van der Waals surface area contributed by atoms with Gasteiger partial charge in [-0.3, -0.25) is 4.84 Å². The van der Waals surface area contributed by atoms with Crippen molar-refractivity contribution in [2.45, 2.75) is 26.2 Å². The number of hydrogen-bond donors (Lipinski definition) is 2. The van der Waals surface area contributed by atoms with Gasteiger partial charge in [0.1, 0.15) is 6.61 Å². The maximum Gasteiger partial charge on any atom is 0.533 e. The Morgan fingerprint density at radius 2 is 2.00 bits per heavy atom. The molecule has 0 bridgehead atoms. The Hall–Kier alpha value is -1.85. The fourth-order valence-corrected chi connectivity index (χ4v) is 1.75. The summed E-state index contributed by atoms with van der Waals surface area (Å²) >= 11 is 0. The molecular weight excluding hydrogens is 226 g/mol. The zero-order chi connectivity index (χ0) is 12.5. The second-order valence-electron chi connectivity index (χ2n) is 4.64. The Morgan fingerprint density at radius 3 is 2.47 bits per heavy atom. The highest BCUT2D eigenvalue weighted by Gasteiger charge is 2.33. The topological polar surface area (TPSA) is 80.9 Å². The molecule has 0 aromatic carbocycles. The van der Waals surface area contributed by atoms with E-state index in [0.717, 1.165) is 19.3 Å². The number of carbonyl (C=O) groups is 1. The summed E-state index contributed by atoms with van der Waals surface area (Å²) in [6, 6.07) is 2.41. The molecule has 0 radical (unpaired) electrons. The van der Waals surface area contributed by atoms with Gasteiger partial charge in [-0.2, -0.15) is 0 Å². The molecule has 94 valence electrons. The van der Waals surface area contributed by atoms with Crippen LogP contribution in [0.1, 0.15) is 26.2 Å². The van der Waals surface area contributed by atoms with Crippen molar-refractivity contribution in [3.05, 3.63) is 12.1 Å². The summed E-state index contributed by atoms with van der Waals surface area (Å²) in [4.78, 5) is 15.9. The lowest BCUT2D eigenvalue weighted by Crippen LogP contribution is -2.33. The lowest BCUT2D eigenvalue weighted by Gasteiger charge is -2.37. The first-order chi connectivity index (χ1) is 8.00. The van der Waals surface area contributed by atoms with Crippen LogP contribution in [0.2, 0.25) is 0 Å². The lowest BCUT2D eigenvalue weighted by molar-refractivity contribution is -0.00867. The average molecular weight is 241 g/mol. The Morgan fingerprint density at radius 1 is 1.41 bits per heavy atom. The van der Waals surface area contributed by atoms with Crippen LogP contribution in [0.3, 0.4) is 0 Å². The van der Waals surface area contributed by atoms with E-state index in [4.69, 9.17) is 4.74 Å². The summed E-state index contributed by atoms with van der Waals surface area (Å²) < 4.78 is 5.53. The molecule has 2 N–H and O–H groups in total. The number of nitrogens with zero attached hydrogens (tertiary/aromatic N) is 1. The first-order valence-corrected chi connectivity index (χ1v) is 5.45. The van der Waals surface area contributed by atoms with E-state index in [0.29, 0.717) is 4.73 Å². The predicted octanol–water partition coefficient (Wildman–Crippen LogP) is 1.65. The van der Waals surface area contributed by atoms with Crippen molar-refractivity contribution < 1.29 is 24.6 Å². The minimum atomic E-state index is -0.945. The van der Waals surface area contributed by atoms with Gasteiger partial charge in [-0.05, 0) is 12.8 Å². The normalized spacial score (nSPS) is 17.2. The van der Waals surface area contributed by atoms with Gasteiger partial charge in [0.15, 0.2) is 0 Å². The third-order valence-electron chi connectivity index (χ3n) is 3.06. The van der Waals surface area contributed by atoms with E-state index in [1.54, 1.807) is 0 Å². The van der Waals surface area contributed by atoms with Gasteiger partial charge < -0.3 is 14.9 Å².